The van der Waals surface area contributed by atoms with Gasteiger partial charge in [0, 0.05) is 0 Å². The molecule has 0 atom stereocenters. The zero-order valence-electron chi connectivity index (χ0n) is 4.80. The number of aromatic nitrogens is 1. The Balaban J connectivity index is 0.000000810. The van der Waals surface area contributed by atoms with E-state index >= 15 is 0 Å². The van der Waals surface area contributed by atoms with Crippen molar-refractivity contribution in [3.8, 4) is 0 Å². The van der Waals surface area contributed by atoms with Crippen LogP contribution >= 0.6 is 11.3 Å². The van der Waals surface area contributed by atoms with Crippen LogP contribution in [-0.4, -0.2) is 11.1 Å². The van der Waals surface area contributed by atoms with Crippen LogP contribution in [0.25, 0.3) is 0 Å². The topological polar surface area (TPSA) is 77.5 Å². The standard InChI is InChI=1S/C4H4N2O2S.BrH/c5-4-6-2(1-9-4)3(7)8;/h1H,(H2,5,6)(H,7,8);1H. The highest BCUT2D eigenvalue weighted by molar-refractivity contribution is 7.13. The summed E-state index contributed by atoms with van der Waals surface area (Å²) < 4.78 is 0. The van der Waals surface area contributed by atoms with Crippen LogP contribution < -0.4 is 27.7 Å². The third kappa shape index (κ3) is 1.96. The monoisotopic (exact) mass is 224 g/mol. The second-order valence-corrected chi connectivity index (χ2v) is 2.36. The molecule has 10 heavy (non-hydrogen) atoms. The highest BCUT2D eigenvalue weighted by Gasteiger charge is 2.09. The zero-order valence-corrected chi connectivity index (χ0v) is 7.20. The summed E-state index contributed by atoms with van der Waals surface area (Å²) in [5, 5.41) is 10.2. The summed E-state index contributed by atoms with van der Waals surface area (Å²) in [4.78, 5) is 12.6. The fourth-order valence-electron chi connectivity index (χ4n) is 0.418. The summed E-state index contributed by atoms with van der Waals surface area (Å²) in [6, 6.07) is 0. The fraction of sp³-hybridized carbons (Fsp3) is 0. The number of nitrogen functional groups attached to an aromatic ring is 1. The van der Waals surface area contributed by atoms with Crippen LogP contribution in [0.4, 0.5) is 5.13 Å². The van der Waals surface area contributed by atoms with Crippen molar-refractivity contribution in [2.45, 2.75) is 0 Å². The number of nitrogens with one attached hydrogen (secondary N) is 1. The van der Waals surface area contributed by atoms with Gasteiger partial charge in [0.15, 0.2) is 0 Å². The highest BCUT2D eigenvalue weighted by Crippen LogP contribution is 2.04. The Morgan fingerprint density at radius 1 is 1.80 bits per heavy atom. The first-order chi connectivity index (χ1) is 4.20. The van der Waals surface area contributed by atoms with E-state index in [4.69, 9.17) is 10.8 Å². The van der Waals surface area contributed by atoms with Gasteiger partial charge in [-0.15, -0.1) is 0 Å². The molecular weight excluding hydrogens is 220 g/mol. The molecule has 0 aliphatic rings. The van der Waals surface area contributed by atoms with Crippen molar-refractivity contribution in [3.05, 3.63) is 11.1 Å². The number of carboxylic acids is 1. The van der Waals surface area contributed by atoms with E-state index < -0.39 is 5.97 Å². The summed E-state index contributed by atoms with van der Waals surface area (Å²) in [5.41, 5.74) is 5.35. The first-order valence-corrected chi connectivity index (χ1v) is 3.07. The third-order valence-electron chi connectivity index (χ3n) is 0.792. The normalized spacial score (nSPS) is 8.40. The lowest BCUT2D eigenvalue weighted by Crippen LogP contribution is -3.00. The van der Waals surface area contributed by atoms with Crippen molar-refractivity contribution in [2.24, 2.45) is 0 Å². The predicted octanol–water partition coefficient (Wildman–Crippen LogP) is -3.15. The summed E-state index contributed by atoms with van der Waals surface area (Å²) >= 11 is 1.17. The molecule has 56 valence electrons. The minimum Gasteiger partial charge on any atom is -1.00 e. The van der Waals surface area contributed by atoms with E-state index in [-0.39, 0.29) is 22.7 Å². The van der Waals surface area contributed by atoms with Gasteiger partial charge in [-0.25, -0.2) is 9.78 Å². The molecule has 1 rings (SSSR count). The van der Waals surface area contributed by atoms with Crippen molar-refractivity contribution in [3.63, 3.8) is 0 Å². The van der Waals surface area contributed by atoms with Gasteiger partial charge in [0.25, 0.3) is 0 Å². The Morgan fingerprint density at radius 2 is 2.40 bits per heavy atom. The van der Waals surface area contributed by atoms with Crippen molar-refractivity contribution in [1.29, 1.82) is 0 Å². The molecule has 0 amide bonds. The minimum atomic E-state index is -0.983. The summed E-state index contributed by atoms with van der Waals surface area (Å²) in [7, 11) is 0. The van der Waals surface area contributed by atoms with E-state index in [1.165, 1.54) is 16.7 Å². The molecule has 0 saturated carbocycles. The van der Waals surface area contributed by atoms with Crippen molar-refractivity contribution < 1.29 is 31.9 Å². The van der Waals surface area contributed by atoms with Crippen molar-refractivity contribution >= 4 is 22.4 Å². The first kappa shape index (κ1) is 9.38. The molecule has 0 bridgehead atoms. The quantitative estimate of drug-likeness (QED) is 0.529. The minimum absolute atomic E-state index is 0. The first-order valence-electron chi connectivity index (χ1n) is 2.19. The number of halogens is 1. The van der Waals surface area contributed by atoms with E-state index in [9.17, 15) is 4.79 Å². The van der Waals surface area contributed by atoms with Gasteiger partial charge in [-0.2, -0.15) is 0 Å². The number of H-pyrrole nitrogens is 1. The zero-order chi connectivity index (χ0) is 6.85. The molecule has 0 aromatic carbocycles. The molecule has 0 spiro atoms. The molecule has 6 heteroatoms. The van der Waals surface area contributed by atoms with Gasteiger partial charge in [0.1, 0.15) is 0 Å². The van der Waals surface area contributed by atoms with Crippen LogP contribution in [-0.2, 0) is 0 Å². The number of thiazole rings is 1. The van der Waals surface area contributed by atoms with Crippen molar-refractivity contribution in [2.75, 3.05) is 5.73 Å². The molecule has 1 heterocycles. The molecule has 0 fully saturated rings. The number of carbonyl (C=O) groups is 1. The van der Waals surface area contributed by atoms with Gasteiger partial charge in [-0.05, 0) is 0 Å². The number of hydrogen-bond acceptors (Lipinski definition) is 3. The molecule has 4 nitrogen and oxygen atoms in total. The second-order valence-electron chi connectivity index (χ2n) is 1.44. The van der Waals surface area contributed by atoms with E-state index in [2.05, 4.69) is 4.98 Å². The van der Waals surface area contributed by atoms with Crippen LogP contribution in [0.3, 0.4) is 0 Å². The van der Waals surface area contributed by atoms with Gasteiger partial charge in [-0.3, -0.25) is 5.73 Å². The SMILES string of the molecule is Nc1[nH+]c(C(=O)O)cs1.[Br-]. The lowest BCUT2D eigenvalue weighted by molar-refractivity contribution is -0.359. The molecule has 0 saturated heterocycles. The van der Waals surface area contributed by atoms with Crippen LogP contribution in [0.1, 0.15) is 10.5 Å². The number of aromatic carboxylic acids is 1. The maximum Gasteiger partial charge on any atom is 0.376 e. The van der Waals surface area contributed by atoms with Gasteiger partial charge in [0.05, 0.1) is 5.38 Å². The second kappa shape index (κ2) is 3.52. The van der Waals surface area contributed by atoms with E-state index in [1.807, 2.05) is 0 Å². The van der Waals surface area contributed by atoms with Crippen LogP contribution in [0.2, 0.25) is 0 Å². The number of nitrogens with two attached hydrogens (primary N) is 1. The van der Waals surface area contributed by atoms with Crippen LogP contribution in [0.15, 0.2) is 5.38 Å². The van der Waals surface area contributed by atoms with Crippen LogP contribution in [0, 0.1) is 0 Å². The Kier molecular flexibility index (Phi) is 3.31. The number of aromatic amines is 1. The molecule has 1 aromatic rings. The maximum absolute atomic E-state index is 10.1. The third-order valence-corrected chi connectivity index (χ3v) is 1.50. The molecular formula is C4H5BrN2O2S. The average molecular weight is 225 g/mol. The van der Waals surface area contributed by atoms with Gasteiger partial charge < -0.3 is 22.1 Å². The number of rotatable bonds is 1. The molecule has 4 N–H and O–H groups in total. The van der Waals surface area contributed by atoms with E-state index in [0.717, 1.165) is 0 Å². The fourth-order valence-corrected chi connectivity index (χ4v) is 0.991. The lowest BCUT2D eigenvalue weighted by Gasteiger charge is -1.76. The maximum atomic E-state index is 10.1. The average Bonchev–Trinajstić information content (AvgIpc) is 2.14. The Bertz CT molecular complexity index is 237. The van der Waals surface area contributed by atoms with Gasteiger partial charge in [0.2, 0.25) is 5.69 Å². The number of hydrogen-bond donors (Lipinski definition) is 2. The number of anilines is 1. The lowest BCUT2D eigenvalue weighted by atomic mass is 10.5. The predicted molar refractivity (Wildman–Crippen MR) is 32.2 cm³/mol. The summed E-state index contributed by atoms with van der Waals surface area (Å²) in [5.74, 6) is -0.983. The molecule has 0 aliphatic heterocycles. The molecule has 0 unspecified atom stereocenters. The molecule has 0 radical (unpaired) electrons. The number of carboxylic acid groups (broad SMARTS) is 1. The van der Waals surface area contributed by atoms with Gasteiger partial charge in [-0.1, -0.05) is 11.3 Å². The Labute approximate surface area is 71.5 Å². The van der Waals surface area contributed by atoms with Crippen LogP contribution in [0.5, 0.6) is 0 Å². The summed E-state index contributed by atoms with van der Waals surface area (Å²) in [6.45, 7) is 0. The largest absolute Gasteiger partial charge is 1.00 e. The van der Waals surface area contributed by atoms with E-state index in [0.29, 0.717) is 5.13 Å². The van der Waals surface area contributed by atoms with E-state index in [1.54, 1.807) is 0 Å². The Hall–Kier alpha value is -0.620. The molecule has 1 aromatic heterocycles. The highest BCUT2D eigenvalue weighted by atomic mass is 79.9. The smallest absolute Gasteiger partial charge is 0.376 e. The summed E-state index contributed by atoms with van der Waals surface area (Å²) in [6.07, 6.45) is 0. The Morgan fingerprint density at radius 3 is 2.60 bits per heavy atom. The van der Waals surface area contributed by atoms with Crippen molar-refractivity contribution in [1.82, 2.24) is 0 Å². The molecule has 0 aliphatic carbocycles. The van der Waals surface area contributed by atoms with Gasteiger partial charge >= 0.3 is 11.1 Å².